The first kappa shape index (κ1) is 7.07. The molecule has 1 aliphatic heterocycles. The summed E-state index contributed by atoms with van der Waals surface area (Å²) in [6.45, 7) is 5.54. The molecule has 1 heteroatoms. The van der Waals surface area contributed by atoms with Crippen LogP contribution in [0.3, 0.4) is 0 Å². The van der Waals surface area contributed by atoms with Crippen LogP contribution in [0.15, 0.2) is 0 Å². The first-order valence-corrected chi connectivity index (χ1v) is 3.96. The number of ether oxygens (including phenoxy) is 1. The summed E-state index contributed by atoms with van der Waals surface area (Å²) in [5.41, 5.74) is 0. The zero-order chi connectivity index (χ0) is 6.69. The molecule has 0 N–H and O–H groups in total. The van der Waals surface area contributed by atoms with E-state index in [-0.39, 0.29) is 0 Å². The normalized spacial score (nSPS) is 28.0. The summed E-state index contributed by atoms with van der Waals surface area (Å²) < 4.78 is 5.17. The van der Waals surface area contributed by atoms with Crippen LogP contribution in [0.25, 0.3) is 0 Å². The minimum atomic E-state index is 0.622. The molecule has 2 atom stereocenters. The summed E-state index contributed by atoms with van der Waals surface area (Å²) in [7, 11) is 0. The van der Waals surface area contributed by atoms with Gasteiger partial charge in [-0.1, -0.05) is 26.7 Å². The van der Waals surface area contributed by atoms with Crippen molar-refractivity contribution in [2.75, 3.05) is 6.61 Å². The molecule has 9 heavy (non-hydrogen) atoms. The Labute approximate surface area is 57.4 Å². The molecule has 0 aromatic carbocycles. The Balaban J connectivity index is 1.96. The largest absolute Gasteiger partial charge is 0.373 e. The molecule has 54 valence electrons. The first-order chi connectivity index (χ1) is 4.34. The maximum Gasteiger partial charge on any atom is 0.0835 e. The van der Waals surface area contributed by atoms with Crippen LogP contribution < -0.4 is 0 Å². The Hall–Kier alpha value is -0.0400. The van der Waals surface area contributed by atoms with E-state index in [4.69, 9.17) is 4.74 Å². The Morgan fingerprint density at radius 1 is 1.67 bits per heavy atom. The predicted octanol–water partition coefficient (Wildman–Crippen LogP) is 2.21. The van der Waals surface area contributed by atoms with Crippen LogP contribution in [-0.2, 0) is 4.74 Å². The molecule has 1 nitrogen and oxygen atoms in total. The Morgan fingerprint density at radius 2 is 2.33 bits per heavy atom. The molecular weight excluding hydrogens is 112 g/mol. The third kappa shape index (κ3) is 2.35. The average Bonchev–Trinajstić information content (AvgIpc) is 2.63. The van der Waals surface area contributed by atoms with E-state index in [1.807, 2.05) is 0 Å². The molecule has 0 bridgehead atoms. The van der Waals surface area contributed by atoms with Crippen molar-refractivity contribution in [1.29, 1.82) is 0 Å². The van der Waals surface area contributed by atoms with Crippen molar-refractivity contribution < 1.29 is 4.74 Å². The SMILES string of the molecule is CCCCC(C)C1CO1. The average molecular weight is 128 g/mol. The first-order valence-electron chi connectivity index (χ1n) is 3.96. The highest BCUT2D eigenvalue weighted by Crippen LogP contribution is 2.23. The molecule has 1 rings (SSSR count). The van der Waals surface area contributed by atoms with Crippen molar-refractivity contribution in [3.63, 3.8) is 0 Å². The third-order valence-corrected chi connectivity index (χ3v) is 2.01. The number of unbranched alkanes of at least 4 members (excludes halogenated alkanes) is 1. The molecule has 0 radical (unpaired) electrons. The van der Waals surface area contributed by atoms with Crippen molar-refractivity contribution in [2.24, 2.45) is 5.92 Å². The molecule has 0 amide bonds. The van der Waals surface area contributed by atoms with E-state index in [1.54, 1.807) is 0 Å². The van der Waals surface area contributed by atoms with Gasteiger partial charge < -0.3 is 4.74 Å². The van der Waals surface area contributed by atoms with Crippen LogP contribution in [0.2, 0.25) is 0 Å². The Morgan fingerprint density at radius 3 is 2.78 bits per heavy atom. The zero-order valence-electron chi connectivity index (χ0n) is 6.39. The second-order valence-electron chi connectivity index (χ2n) is 2.99. The highest BCUT2D eigenvalue weighted by atomic mass is 16.6. The van der Waals surface area contributed by atoms with Gasteiger partial charge in [-0.25, -0.2) is 0 Å². The number of hydrogen-bond acceptors (Lipinski definition) is 1. The van der Waals surface area contributed by atoms with Crippen LogP contribution in [0.4, 0.5) is 0 Å². The molecule has 1 fully saturated rings. The lowest BCUT2D eigenvalue weighted by molar-refractivity contribution is 0.326. The quantitative estimate of drug-likeness (QED) is 0.529. The van der Waals surface area contributed by atoms with Gasteiger partial charge in [-0.15, -0.1) is 0 Å². The van der Waals surface area contributed by atoms with E-state index in [0.717, 1.165) is 12.5 Å². The van der Waals surface area contributed by atoms with Crippen molar-refractivity contribution >= 4 is 0 Å². The van der Waals surface area contributed by atoms with Crippen molar-refractivity contribution in [3.8, 4) is 0 Å². The van der Waals surface area contributed by atoms with Gasteiger partial charge in [0.05, 0.1) is 12.7 Å². The lowest BCUT2D eigenvalue weighted by atomic mass is 10.0. The molecule has 0 aromatic heterocycles. The minimum Gasteiger partial charge on any atom is -0.373 e. The summed E-state index contributed by atoms with van der Waals surface area (Å²) in [6.07, 6.45) is 4.65. The van der Waals surface area contributed by atoms with Crippen LogP contribution >= 0.6 is 0 Å². The lowest BCUT2D eigenvalue weighted by Gasteiger charge is -2.04. The van der Waals surface area contributed by atoms with Crippen LogP contribution in [0.1, 0.15) is 33.1 Å². The van der Waals surface area contributed by atoms with E-state index in [9.17, 15) is 0 Å². The molecule has 0 aliphatic carbocycles. The number of hydrogen-bond donors (Lipinski definition) is 0. The molecule has 0 aromatic rings. The fourth-order valence-electron chi connectivity index (χ4n) is 1.10. The van der Waals surface area contributed by atoms with E-state index in [0.29, 0.717) is 6.10 Å². The topological polar surface area (TPSA) is 12.5 Å². The summed E-state index contributed by atoms with van der Waals surface area (Å²) >= 11 is 0. The van der Waals surface area contributed by atoms with Gasteiger partial charge in [-0.05, 0) is 12.3 Å². The van der Waals surface area contributed by atoms with Gasteiger partial charge in [-0.3, -0.25) is 0 Å². The molecule has 2 unspecified atom stereocenters. The van der Waals surface area contributed by atoms with Crippen LogP contribution in [0, 0.1) is 5.92 Å². The van der Waals surface area contributed by atoms with Gasteiger partial charge in [0.25, 0.3) is 0 Å². The van der Waals surface area contributed by atoms with E-state index < -0.39 is 0 Å². The fraction of sp³-hybridized carbons (Fsp3) is 1.00. The van der Waals surface area contributed by atoms with Gasteiger partial charge in [-0.2, -0.15) is 0 Å². The minimum absolute atomic E-state index is 0.622. The third-order valence-electron chi connectivity index (χ3n) is 2.01. The molecule has 1 saturated heterocycles. The molecule has 0 spiro atoms. The van der Waals surface area contributed by atoms with E-state index in [2.05, 4.69) is 13.8 Å². The van der Waals surface area contributed by atoms with Gasteiger partial charge >= 0.3 is 0 Å². The van der Waals surface area contributed by atoms with Gasteiger partial charge in [0.1, 0.15) is 0 Å². The number of rotatable bonds is 4. The zero-order valence-corrected chi connectivity index (χ0v) is 6.39. The van der Waals surface area contributed by atoms with Gasteiger partial charge in [0.15, 0.2) is 0 Å². The van der Waals surface area contributed by atoms with Crippen molar-refractivity contribution in [1.82, 2.24) is 0 Å². The summed E-state index contributed by atoms with van der Waals surface area (Å²) in [5.74, 6) is 0.810. The summed E-state index contributed by atoms with van der Waals surface area (Å²) in [5, 5.41) is 0. The van der Waals surface area contributed by atoms with E-state index in [1.165, 1.54) is 19.3 Å². The maximum absolute atomic E-state index is 5.17. The smallest absolute Gasteiger partial charge is 0.0835 e. The van der Waals surface area contributed by atoms with E-state index >= 15 is 0 Å². The van der Waals surface area contributed by atoms with Gasteiger partial charge in [0.2, 0.25) is 0 Å². The van der Waals surface area contributed by atoms with Crippen LogP contribution in [0.5, 0.6) is 0 Å². The maximum atomic E-state index is 5.17. The second-order valence-corrected chi connectivity index (χ2v) is 2.99. The van der Waals surface area contributed by atoms with Crippen LogP contribution in [-0.4, -0.2) is 12.7 Å². The van der Waals surface area contributed by atoms with Crippen molar-refractivity contribution in [3.05, 3.63) is 0 Å². The lowest BCUT2D eigenvalue weighted by Crippen LogP contribution is -2.02. The van der Waals surface area contributed by atoms with Gasteiger partial charge in [0, 0.05) is 0 Å². The predicted molar refractivity (Wildman–Crippen MR) is 38.4 cm³/mol. The molecule has 0 saturated carbocycles. The summed E-state index contributed by atoms with van der Waals surface area (Å²) in [4.78, 5) is 0. The summed E-state index contributed by atoms with van der Waals surface area (Å²) in [6, 6.07) is 0. The standard InChI is InChI=1S/C8H16O/c1-3-4-5-7(2)8-6-9-8/h7-8H,3-6H2,1-2H3. The second kappa shape index (κ2) is 3.21. The molecule has 1 aliphatic rings. The Bertz CT molecular complexity index is 76.6. The number of epoxide rings is 1. The fourth-order valence-corrected chi connectivity index (χ4v) is 1.10. The molecular formula is C8H16O. The van der Waals surface area contributed by atoms with Crippen molar-refractivity contribution in [2.45, 2.75) is 39.2 Å². The molecule has 1 heterocycles. The highest BCUT2D eigenvalue weighted by molar-refractivity contribution is 4.75. The Kier molecular flexibility index (Phi) is 2.52. The highest BCUT2D eigenvalue weighted by Gasteiger charge is 2.28. The monoisotopic (exact) mass is 128 g/mol.